The van der Waals surface area contributed by atoms with Gasteiger partial charge >= 0.3 is 5.97 Å². The van der Waals surface area contributed by atoms with E-state index in [-0.39, 0.29) is 18.6 Å². The maximum absolute atomic E-state index is 12.3. The van der Waals surface area contributed by atoms with Crippen LogP contribution in [0.4, 0.5) is 5.82 Å². The summed E-state index contributed by atoms with van der Waals surface area (Å²) in [4.78, 5) is 24.8. The number of esters is 1. The smallest absolute Gasteiger partial charge is 0.323 e. The van der Waals surface area contributed by atoms with Crippen molar-refractivity contribution in [2.45, 2.75) is 52.5 Å². The first-order valence-electron chi connectivity index (χ1n) is 10.5. The molecule has 0 unspecified atom stereocenters. The summed E-state index contributed by atoms with van der Waals surface area (Å²) in [5, 5.41) is 3.15. The third kappa shape index (κ3) is 6.94. The number of nitrogens with zero attached hydrogens (tertiary/aromatic N) is 4. The molecule has 0 fully saturated rings. The zero-order chi connectivity index (χ0) is 24.0. The van der Waals surface area contributed by atoms with Crippen LogP contribution < -0.4 is 15.3 Å². The van der Waals surface area contributed by atoms with Gasteiger partial charge in [0.1, 0.15) is 30.0 Å². The van der Waals surface area contributed by atoms with Gasteiger partial charge in [-0.25, -0.2) is 20.0 Å². The summed E-state index contributed by atoms with van der Waals surface area (Å²) >= 11 is 5.84. The van der Waals surface area contributed by atoms with E-state index in [9.17, 15) is 4.79 Å². The third-order valence-electron chi connectivity index (χ3n) is 4.50. The standard InChI is InChI=1S/C21H29N6O4PS/c1-14(2)30-21(28)16(4)26-32(33,31-17-8-6-5-7-9-17)13-29-15(3)10-27-12-25-18-19(22)23-11-24-20(18)27/h5-9,11-12,14-16H,10,13H2,1-4H3,(H,26,33)(H2,22,23,24)/t15-,16+,32-/m1/s1. The van der Waals surface area contributed by atoms with Gasteiger partial charge in [-0.2, -0.15) is 0 Å². The van der Waals surface area contributed by atoms with E-state index in [2.05, 4.69) is 20.0 Å². The van der Waals surface area contributed by atoms with Gasteiger partial charge in [0.05, 0.1) is 25.1 Å². The van der Waals surface area contributed by atoms with Crippen molar-refractivity contribution in [3.8, 4) is 5.75 Å². The summed E-state index contributed by atoms with van der Waals surface area (Å²) in [5.41, 5.74) is 7.03. The molecule has 0 saturated carbocycles. The van der Waals surface area contributed by atoms with Crippen molar-refractivity contribution in [1.82, 2.24) is 24.6 Å². The fourth-order valence-electron chi connectivity index (χ4n) is 3.01. The highest BCUT2D eigenvalue weighted by Crippen LogP contribution is 2.44. The molecule has 0 saturated heterocycles. The summed E-state index contributed by atoms with van der Waals surface area (Å²) in [6, 6.07) is 8.56. The number of fused-ring (bicyclic) bond motifs is 1. The van der Waals surface area contributed by atoms with Crippen LogP contribution in [-0.4, -0.2) is 50.1 Å². The van der Waals surface area contributed by atoms with Gasteiger partial charge < -0.3 is 24.3 Å². The first-order valence-corrected chi connectivity index (χ1v) is 13.4. The molecule has 0 bridgehead atoms. The first kappa shape index (κ1) is 25.0. The molecule has 0 amide bonds. The Hall–Kier alpha value is -2.59. The quantitative estimate of drug-likeness (QED) is 0.304. The van der Waals surface area contributed by atoms with E-state index >= 15 is 0 Å². The fraction of sp³-hybridized carbons (Fsp3) is 0.429. The van der Waals surface area contributed by atoms with Gasteiger partial charge in [-0.3, -0.25) is 4.79 Å². The second-order valence-corrected chi connectivity index (χ2v) is 11.7. The number of benzene rings is 1. The molecule has 3 rings (SSSR count). The summed E-state index contributed by atoms with van der Waals surface area (Å²) < 4.78 is 19.3. The van der Waals surface area contributed by atoms with Gasteiger partial charge in [-0.05, 0) is 51.6 Å². The van der Waals surface area contributed by atoms with Crippen LogP contribution >= 0.6 is 6.42 Å². The van der Waals surface area contributed by atoms with Crippen molar-refractivity contribution >= 4 is 41.2 Å². The van der Waals surface area contributed by atoms with Crippen LogP contribution in [0, 0.1) is 0 Å². The van der Waals surface area contributed by atoms with Gasteiger partial charge in [0.2, 0.25) is 6.42 Å². The molecule has 12 heteroatoms. The molecule has 10 nitrogen and oxygen atoms in total. The molecular weight excluding hydrogens is 463 g/mol. The van der Waals surface area contributed by atoms with Crippen LogP contribution in [0.2, 0.25) is 0 Å². The number of ether oxygens (including phenoxy) is 2. The number of carbonyl (C=O) groups is 1. The minimum Gasteiger partial charge on any atom is -0.462 e. The van der Waals surface area contributed by atoms with Crippen LogP contribution in [0.3, 0.4) is 0 Å². The fourth-order valence-corrected chi connectivity index (χ4v) is 5.71. The van der Waals surface area contributed by atoms with Gasteiger partial charge in [0, 0.05) is 0 Å². The number of aromatic nitrogens is 4. The molecule has 1 aromatic carbocycles. The Labute approximate surface area is 198 Å². The number of para-hydroxylation sites is 1. The molecule has 0 aliphatic heterocycles. The van der Waals surface area contributed by atoms with E-state index in [1.165, 1.54) is 6.33 Å². The minimum absolute atomic E-state index is 0.0987. The predicted molar refractivity (Wildman–Crippen MR) is 130 cm³/mol. The van der Waals surface area contributed by atoms with E-state index in [4.69, 9.17) is 31.5 Å². The Balaban J connectivity index is 1.70. The Bertz CT molecular complexity index is 1130. The van der Waals surface area contributed by atoms with Crippen LogP contribution in [0.15, 0.2) is 43.0 Å². The molecule has 33 heavy (non-hydrogen) atoms. The summed E-state index contributed by atoms with van der Waals surface area (Å²) in [7, 11) is 0. The Kier molecular flexibility index (Phi) is 8.36. The van der Waals surface area contributed by atoms with Crippen molar-refractivity contribution < 1.29 is 18.8 Å². The molecule has 0 radical (unpaired) electrons. The van der Waals surface area contributed by atoms with E-state index in [0.717, 1.165) is 0 Å². The Morgan fingerprint density at radius 3 is 2.61 bits per heavy atom. The van der Waals surface area contributed by atoms with Gasteiger partial charge in [-0.1, -0.05) is 18.2 Å². The number of hydrogen-bond donors (Lipinski definition) is 2. The predicted octanol–water partition coefficient (Wildman–Crippen LogP) is 3.09. The lowest BCUT2D eigenvalue weighted by atomic mass is 10.3. The summed E-state index contributed by atoms with van der Waals surface area (Å²) in [6.07, 6.45) is -0.138. The summed E-state index contributed by atoms with van der Waals surface area (Å²) in [5.74, 6) is 0.526. The summed E-state index contributed by atoms with van der Waals surface area (Å²) in [6.45, 7) is 7.67. The number of carbonyl (C=O) groups excluding carboxylic acids is 1. The lowest BCUT2D eigenvalue weighted by Gasteiger charge is -2.28. The second-order valence-electron chi connectivity index (χ2n) is 7.85. The zero-order valence-corrected chi connectivity index (χ0v) is 20.8. The second kappa shape index (κ2) is 11.0. The lowest BCUT2D eigenvalue weighted by Crippen LogP contribution is -2.37. The Morgan fingerprint density at radius 1 is 1.18 bits per heavy atom. The number of imidazole rings is 1. The molecule has 0 aliphatic rings. The molecule has 3 N–H and O–H groups in total. The average molecular weight is 493 g/mol. The zero-order valence-electron chi connectivity index (χ0n) is 19.0. The van der Waals surface area contributed by atoms with Gasteiger partial charge in [0.15, 0.2) is 11.5 Å². The van der Waals surface area contributed by atoms with Crippen LogP contribution in [-0.2, 0) is 32.6 Å². The number of nitrogens with one attached hydrogen (secondary N) is 1. The number of hydrogen-bond acceptors (Lipinski definition) is 9. The molecular formula is C21H29N6O4PS. The number of anilines is 1. The van der Waals surface area contributed by atoms with Crippen molar-refractivity contribution in [2.75, 3.05) is 12.1 Å². The topological polar surface area (TPSA) is 126 Å². The van der Waals surface area contributed by atoms with E-state index in [1.807, 2.05) is 41.8 Å². The maximum Gasteiger partial charge on any atom is 0.323 e. The molecule has 3 aromatic rings. The lowest BCUT2D eigenvalue weighted by molar-refractivity contribution is -0.148. The molecule has 3 atom stereocenters. The molecule has 2 aromatic heterocycles. The van der Waals surface area contributed by atoms with Crippen molar-refractivity contribution in [3.63, 3.8) is 0 Å². The Morgan fingerprint density at radius 2 is 1.91 bits per heavy atom. The van der Waals surface area contributed by atoms with E-state index < -0.39 is 18.4 Å². The monoisotopic (exact) mass is 492 g/mol. The highest BCUT2D eigenvalue weighted by Gasteiger charge is 2.28. The van der Waals surface area contributed by atoms with Gasteiger partial charge in [-0.15, -0.1) is 0 Å². The largest absolute Gasteiger partial charge is 0.462 e. The average Bonchev–Trinajstić information content (AvgIpc) is 3.16. The third-order valence-corrected chi connectivity index (χ3v) is 7.14. The molecule has 0 spiro atoms. The van der Waals surface area contributed by atoms with Crippen LogP contribution in [0.25, 0.3) is 11.2 Å². The van der Waals surface area contributed by atoms with Crippen LogP contribution in [0.5, 0.6) is 5.75 Å². The highest BCUT2D eigenvalue weighted by atomic mass is 32.4. The molecule has 2 heterocycles. The van der Waals surface area contributed by atoms with Crippen LogP contribution in [0.1, 0.15) is 27.7 Å². The number of rotatable bonds is 11. The SMILES string of the molecule is CC(C)OC(=O)[C@H](C)N[P@](=S)(CO[C@H](C)Cn1cnc2c(N)ncnc21)Oc1ccccc1. The van der Waals surface area contributed by atoms with Crippen molar-refractivity contribution in [3.05, 3.63) is 43.0 Å². The van der Waals surface area contributed by atoms with E-state index in [0.29, 0.717) is 29.3 Å². The van der Waals surface area contributed by atoms with Crippen molar-refractivity contribution in [2.24, 2.45) is 0 Å². The van der Waals surface area contributed by atoms with E-state index in [1.54, 1.807) is 27.1 Å². The molecule has 0 aliphatic carbocycles. The maximum atomic E-state index is 12.3. The minimum atomic E-state index is -2.80. The number of nitrogens with two attached hydrogens (primary N) is 1. The first-order chi connectivity index (χ1) is 15.7. The van der Waals surface area contributed by atoms with Crippen molar-refractivity contribution in [1.29, 1.82) is 0 Å². The normalized spacial score (nSPS) is 15.2. The number of nitrogen functional groups attached to an aromatic ring is 1. The van der Waals surface area contributed by atoms with Gasteiger partial charge in [0.25, 0.3) is 0 Å². The highest BCUT2D eigenvalue weighted by molar-refractivity contribution is 8.11. The molecule has 178 valence electrons.